The summed E-state index contributed by atoms with van der Waals surface area (Å²) in [4.78, 5) is 0. The fraction of sp³-hybridized carbons (Fsp3) is 0.952. The van der Waals surface area contributed by atoms with Gasteiger partial charge in [-0.25, -0.2) is 0 Å². The SMILES string of the molecule is CC1O[C@H](OC2C(CO)O[C@@H](OC3CC[C@@]4(C)[C@H](CC[C@]5(C)[C@H]4C=C[C@]46OC[C@@]7(CCC(C)(C)C[C@@H]74)C(O)C[C@]65C)C3(C)C)C(O)C2O)C(O)C(O)C1O. The Hall–Kier alpha value is -0.740. The summed E-state index contributed by atoms with van der Waals surface area (Å²) in [6.45, 7) is 18.2. The van der Waals surface area contributed by atoms with E-state index in [9.17, 15) is 35.7 Å². The zero-order chi connectivity index (χ0) is 39.2. The fourth-order valence-electron chi connectivity index (χ4n) is 14.3. The predicted molar refractivity (Wildman–Crippen MR) is 195 cm³/mol. The van der Waals surface area contributed by atoms with Crippen molar-refractivity contribution in [2.24, 2.45) is 50.2 Å². The Morgan fingerprint density at radius 3 is 2.11 bits per heavy atom. The van der Waals surface area contributed by atoms with Crippen LogP contribution in [0, 0.1) is 50.2 Å². The molecule has 7 fully saturated rings. The normalized spacial score (nSPS) is 58.8. The monoisotopic (exact) mass is 764 g/mol. The topological polar surface area (TPSA) is 188 Å². The van der Waals surface area contributed by atoms with Gasteiger partial charge < -0.3 is 59.4 Å². The smallest absolute Gasteiger partial charge is 0.187 e. The molecule has 8 aliphatic rings. The molecule has 8 rings (SSSR count). The van der Waals surface area contributed by atoms with Gasteiger partial charge in [0.25, 0.3) is 0 Å². The van der Waals surface area contributed by atoms with E-state index in [2.05, 4.69) is 60.6 Å². The van der Waals surface area contributed by atoms with Crippen LogP contribution in [0.5, 0.6) is 0 Å². The lowest BCUT2D eigenvalue weighted by atomic mass is 9.32. The van der Waals surface area contributed by atoms with Crippen LogP contribution in [0.3, 0.4) is 0 Å². The number of rotatable bonds is 5. The lowest BCUT2D eigenvalue weighted by Crippen LogP contribution is -2.72. The molecule has 10 unspecified atom stereocenters. The molecule has 5 aliphatic carbocycles. The second-order valence-corrected chi connectivity index (χ2v) is 21.1. The van der Waals surface area contributed by atoms with Crippen molar-refractivity contribution in [2.75, 3.05) is 13.2 Å². The summed E-state index contributed by atoms with van der Waals surface area (Å²) in [5, 5.41) is 76.0. The third kappa shape index (κ3) is 5.24. The van der Waals surface area contributed by atoms with Crippen LogP contribution < -0.4 is 0 Å². The van der Waals surface area contributed by atoms with Crippen molar-refractivity contribution in [1.82, 2.24) is 0 Å². The van der Waals surface area contributed by atoms with E-state index >= 15 is 0 Å². The van der Waals surface area contributed by atoms with E-state index in [0.29, 0.717) is 13.0 Å². The van der Waals surface area contributed by atoms with Crippen molar-refractivity contribution in [1.29, 1.82) is 0 Å². The molecule has 12 heteroatoms. The van der Waals surface area contributed by atoms with Crippen molar-refractivity contribution >= 4 is 0 Å². The van der Waals surface area contributed by atoms with Crippen LogP contribution in [-0.4, -0.2) is 128 Å². The molecule has 0 aromatic heterocycles. The molecule has 0 amide bonds. The molecule has 1 spiro atoms. The van der Waals surface area contributed by atoms with Crippen LogP contribution in [0.1, 0.15) is 107 Å². The van der Waals surface area contributed by atoms with Gasteiger partial charge in [-0.1, -0.05) is 60.6 Å². The highest BCUT2D eigenvalue weighted by Gasteiger charge is 2.79. The van der Waals surface area contributed by atoms with E-state index in [1.54, 1.807) is 0 Å². The van der Waals surface area contributed by atoms with Gasteiger partial charge in [0.15, 0.2) is 12.6 Å². The van der Waals surface area contributed by atoms with Crippen molar-refractivity contribution in [3.63, 3.8) is 0 Å². The molecule has 12 nitrogen and oxygen atoms in total. The molecule has 0 aromatic carbocycles. The lowest BCUT2D eigenvalue weighted by molar-refractivity contribution is -0.366. The Morgan fingerprint density at radius 2 is 1.41 bits per heavy atom. The molecule has 7 N–H and O–H groups in total. The highest BCUT2D eigenvalue weighted by atomic mass is 16.7. The molecule has 0 aromatic rings. The third-order valence-electron chi connectivity index (χ3n) is 17.8. The van der Waals surface area contributed by atoms with Gasteiger partial charge in [-0.3, -0.25) is 0 Å². The van der Waals surface area contributed by atoms with Crippen LogP contribution >= 0.6 is 0 Å². The molecule has 20 atom stereocenters. The van der Waals surface area contributed by atoms with Crippen LogP contribution in [0.15, 0.2) is 12.2 Å². The highest BCUT2D eigenvalue weighted by molar-refractivity contribution is 5.36. The summed E-state index contributed by atoms with van der Waals surface area (Å²) < 4.78 is 31.2. The first-order valence-corrected chi connectivity index (χ1v) is 20.8. The second-order valence-electron chi connectivity index (χ2n) is 21.1. The molecule has 3 aliphatic heterocycles. The highest BCUT2D eigenvalue weighted by Crippen LogP contribution is 2.79. The number of aliphatic hydroxyl groups excluding tert-OH is 7. The Balaban J connectivity index is 1.02. The maximum absolute atomic E-state index is 12.1. The van der Waals surface area contributed by atoms with E-state index in [0.717, 1.165) is 44.9 Å². The van der Waals surface area contributed by atoms with Crippen molar-refractivity contribution in [3.05, 3.63) is 12.2 Å². The number of allylic oxidation sites excluding steroid dienone is 1. The minimum Gasteiger partial charge on any atom is -0.394 e. The van der Waals surface area contributed by atoms with Gasteiger partial charge in [-0.2, -0.15) is 0 Å². The average Bonchev–Trinajstić information content (AvgIpc) is 3.38. The number of ether oxygens (including phenoxy) is 5. The molecule has 308 valence electrons. The molecule has 54 heavy (non-hydrogen) atoms. The molecule has 3 saturated heterocycles. The van der Waals surface area contributed by atoms with E-state index in [-0.39, 0.29) is 62.5 Å². The van der Waals surface area contributed by atoms with Crippen LogP contribution in [0.4, 0.5) is 0 Å². The maximum Gasteiger partial charge on any atom is 0.187 e. The quantitative estimate of drug-likeness (QED) is 0.161. The number of hydrogen-bond donors (Lipinski definition) is 7. The first-order valence-electron chi connectivity index (χ1n) is 20.8. The average molecular weight is 765 g/mol. The molecule has 0 radical (unpaired) electrons. The van der Waals surface area contributed by atoms with Crippen LogP contribution in [0.25, 0.3) is 0 Å². The van der Waals surface area contributed by atoms with Crippen molar-refractivity contribution in [2.45, 2.75) is 186 Å². The summed E-state index contributed by atoms with van der Waals surface area (Å²) in [6, 6.07) is 0. The van der Waals surface area contributed by atoms with E-state index in [4.69, 9.17) is 23.7 Å². The number of aliphatic hydroxyl groups is 7. The van der Waals surface area contributed by atoms with Crippen LogP contribution in [0.2, 0.25) is 0 Å². The molecule has 4 saturated carbocycles. The van der Waals surface area contributed by atoms with Crippen molar-refractivity contribution in [3.8, 4) is 0 Å². The summed E-state index contributed by atoms with van der Waals surface area (Å²) in [5.74, 6) is 0.810. The third-order valence-corrected chi connectivity index (χ3v) is 17.8. The lowest BCUT2D eigenvalue weighted by Gasteiger charge is -2.73. The molecular weight excluding hydrogens is 696 g/mol. The predicted octanol–water partition coefficient (Wildman–Crippen LogP) is 2.80. The zero-order valence-corrected chi connectivity index (χ0v) is 33.6. The van der Waals surface area contributed by atoms with E-state index in [1.807, 2.05) is 0 Å². The van der Waals surface area contributed by atoms with E-state index in [1.165, 1.54) is 6.92 Å². The number of hydrogen-bond acceptors (Lipinski definition) is 12. The second kappa shape index (κ2) is 12.9. The fourth-order valence-corrected chi connectivity index (χ4v) is 14.3. The van der Waals surface area contributed by atoms with Gasteiger partial charge in [-0.15, -0.1) is 0 Å². The summed E-state index contributed by atoms with van der Waals surface area (Å²) in [6.07, 6.45) is -1.86. The van der Waals surface area contributed by atoms with Crippen LogP contribution in [-0.2, 0) is 23.7 Å². The first kappa shape index (κ1) is 40.1. The van der Waals surface area contributed by atoms with E-state index < -0.39 is 73.6 Å². The Kier molecular flexibility index (Phi) is 9.55. The Labute approximate surface area is 320 Å². The standard InChI is InChI=1S/C42H68O12/c1-21-28(45)29(46)31(48)34(51-21)54-33-22(19-43)52-35(32(49)30(33)47)53-27-11-12-38(6)23(37(27,4)5)9-13-39(7)24(38)10-14-42-25-17-36(2,3)15-16-41(25,20-50-42)26(44)18-40(39,42)8/h10,14,21-35,43-49H,9,11-13,15-20H2,1-8H3/t21?,22?,23-,24+,25+,26?,27?,28?,29?,30?,31?,32?,33?,34-,35+,38+,39-,40+,41-,42+/m1/s1. The van der Waals surface area contributed by atoms with Gasteiger partial charge in [0.2, 0.25) is 0 Å². The summed E-state index contributed by atoms with van der Waals surface area (Å²) in [5.41, 5.74) is -1.12. The van der Waals surface area contributed by atoms with Crippen molar-refractivity contribution < 1.29 is 59.4 Å². The minimum absolute atomic E-state index is 0.0738. The summed E-state index contributed by atoms with van der Waals surface area (Å²) in [7, 11) is 0. The largest absolute Gasteiger partial charge is 0.394 e. The van der Waals surface area contributed by atoms with Gasteiger partial charge in [0.1, 0.15) is 42.7 Å². The Morgan fingerprint density at radius 1 is 0.722 bits per heavy atom. The van der Waals surface area contributed by atoms with Gasteiger partial charge in [-0.05, 0) is 91.8 Å². The molecule has 2 bridgehead atoms. The zero-order valence-electron chi connectivity index (χ0n) is 33.6. The van der Waals surface area contributed by atoms with Gasteiger partial charge >= 0.3 is 0 Å². The first-order chi connectivity index (χ1) is 25.1. The minimum atomic E-state index is -1.63. The molecular formula is C42H68O12. The number of fused-ring (bicyclic) bond motifs is 4. The summed E-state index contributed by atoms with van der Waals surface area (Å²) >= 11 is 0. The Bertz CT molecular complexity index is 1470. The molecule has 3 heterocycles. The van der Waals surface area contributed by atoms with Gasteiger partial charge in [0, 0.05) is 16.7 Å². The maximum atomic E-state index is 12.1. The van der Waals surface area contributed by atoms with Gasteiger partial charge in [0.05, 0.1) is 37.1 Å².